The first-order valence-electron chi connectivity index (χ1n) is 4.96. The molecule has 0 aliphatic heterocycles. The van der Waals surface area contributed by atoms with Crippen molar-refractivity contribution in [1.29, 1.82) is 0 Å². The van der Waals surface area contributed by atoms with Crippen molar-refractivity contribution in [3.05, 3.63) is 47.6 Å². The quantitative estimate of drug-likeness (QED) is 0.856. The Bertz CT molecular complexity index is 593. The van der Waals surface area contributed by atoms with Crippen LogP contribution in [0.4, 0.5) is 23.2 Å². The van der Waals surface area contributed by atoms with E-state index in [2.05, 4.69) is 15.0 Å². The van der Waals surface area contributed by atoms with Crippen molar-refractivity contribution in [2.75, 3.05) is 5.32 Å². The second-order valence-electron chi connectivity index (χ2n) is 3.53. The zero-order chi connectivity index (χ0) is 14.0. The number of hydrogen-bond acceptors (Lipinski definition) is 3. The summed E-state index contributed by atoms with van der Waals surface area (Å²) >= 11 is 0. The van der Waals surface area contributed by atoms with E-state index in [1.165, 1.54) is 6.07 Å². The minimum Gasteiger partial charge on any atom is -0.364 e. The Morgan fingerprint density at radius 3 is 2.58 bits per heavy atom. The number of benzene rings is 1. The van der Waals surface area contributed by atoms with Gasteiger partial charge in [0.05, 0.1) is 5.56 Å². The van der Waals surface area contributed by atoms with Crippen LogP contribution in [-0.2, 0) is 6.18 Å². The summed E-state index contributed by atoms with van der Waals surface area (Å²) < 4.78 is 54.8. The fraction of sp³-hybridized carbons (Fsp3) is 0.0909. The van der Waals surface area contributed by atoms with Crippen LogP contribution in [0.5, 0.6) is 0 Å². The summed E-state index contributed by atoms with van der Waals surface area (Å²) in [5.74, 6) is -2.17. The van der Waals surface area contributed by atoms with E-state index >= 15 is 0 Å². The maximum atomic E-state index is 13.0. The van der Waals surface area contributed by atoms with Gasteiger partial charge in [0.25, 0.3) is 5.91 Å². The van der Waals surface area contributed by atoms with Crippen LogP contribution >= 0.6 is 0 Å². The molecule has 2 rings (SSSR count). The van der Waals surface area contributed by atoms with E-state index in [1.54, 1.807) is 0 Å². The third kappa shape index (κ3) is 2.90. The van der Waals surface area contributed by atoms with Crippen LogP contribution < -0.4 is 5.32 Å². The first kappa shape index (κ1) is 13.1. The average molecular weight is 274 g/mol. The number of carbonyl (C=O) groups excluding carboxylic acids is 1. The van der Waals surface area contributed by atoms with Gasteiger partial charge >= 0.3 is 6.18 Å². The Morgan fingerprint density at radius 2 is 2.00 bits per heavy atom. The number of carbonyl (C=O) groups is 1. The molecule has 0 bridgehead atoms. The fourth-order valence-corrected chi connectivity index (χ4v) is 1.35. The number of amides is 1. The Labute approximate surface area is 104 Å². The standard InChI is InChI=1S/C11H6F4N2O2/c12-8-2-1-6(5-7(8)11(13,14)15)16-10(18)9-3-4-19-17-9/h1-5H,(H,16,18). The van der Waals surface area contributed by atoms with Crippen LogP contribution in [0.1, 0.15) is 16.1 Å². The van der Waals surface area contributed by atoms with Gasteiger partial charge in [-0.3, -0.25) is 4.79 Å². The molecule has 1 N–H and O–H groups in total. The largest absolute Gasteiger partial charge is 0.419 e. The van der Waals surface area contributed by atoms with E-state index in [4.69, 9.17) is 0 Å². The molecule has 0 aliphatic rings. The lowest BCUT2D eigenvalue weighted by atomic mass is 10.1. The zero-order valence-corrected chi connectivity index (χ0v) is 9.16. The molecule has 0 radical (unpaired) electrons. The maximum Gasteiger partial charge on any atom is 0.419 e. The van der Waals surface area contributed by atoms with Gasteiger partial charge in [0, 0.05) is 11.8 Å². The number of nitrogens with one attached hydrogen (secondary N) is 1. The first-order valence-corrected chi connectivity index (χ1v) is 4.96. The molecule has 8 heteroatoms. The zero-order valence-electron chi connectivity index (χ0n) is 9.16. The van der Waals surface area contributed by atoms with Gasteiger partial charge in [0.15, 0.2) is 5.69 Å². The molecule has 2 aromatic rings. The molecule has 0 fully saturated rings. The van der Waals surface area contributed by atoms with Gasteiger partial charge in [-0.2, -0.15) is 13.2 Å². The summed E-state index contributed by atoms with van der Waals surface area (Å²) in [5.41, 5.74) is -1.75. The molecule has 19 heavy (non-hydrogen) atoms. The highest BCUT2D eigenvalue weighted by Gasteiger charge is 2.34. The molecule has 4 nitrogen and oxygen atoms in total. The molecule has 0 atom stereocenters. The average Bonchev–Trinajstić information content (AvgIpc) is 2.83. The number of hydrogen-bond donors (Lipinski definition) is 1. The predicted molar refractivity (Wildman–Crippen MR) is 55.9 cm³/mol. The molecule has 0 saturated carbocycles. The van der Waals surface area contributed by atoms with Crippen molar-refractivity contribution in [2.45, 2.75) is 6.18 Å². The SMILES string of the molecule is O=C(Nc1ccc(F)c(C(F)(F)F)c1)c1ccon1. The van der Waals surface area contributed by atoms with Crippen LogP contribution in [0.3, 0.4) is 0 Å². The summed E-state index contributed by atoms with van der Waals surface area (Å²) in [6.07, 6.45) is -3.70. The number of aromatic nitrogens is 1. The number of nitrogens with zero attached hydrogens (tertiary/aromatic N) is 1. The third-order valence-electron chi connectivity index (χ3n) is 2.20. The highest BCUT2D eigenvalue weighted by atomic mass is 19.4. The molecule has 100 valence electrons. The first-order chi connectivity index (χ1) is 8.88. The second-order valence-corrected chi connectivity index (χ2v) is 3.53. The number of anilines is 1. The van der Waals surface area contributed by atoms with Gasteiger partial charge in [-0.25, -0.2) is 4.39 Å². The third-order valence-corrected chi connectivity index (χ3v) is 2.20. The fourth-order valence-electron chi connectivity index (χ4n) is 1.35. The molecule has 0 aliphatic carbocycles. The predicted octanol–water partition coefficient (Wildman–Crippen LogP) is 3.08. The molecule has 1 amide bonds. The van der Waals surface area contributed by atoms with E-state index in [-0.39, 0.29) is 11.4 Å². The lowest BCUT2D eigenvalue weighted by molar-refractivity contribution is -0.139. The van der Waals surface area contributed by atoms with E-state index in [9.17, 15) is 22.4 Å². The maximum absolute atomic E-state index is 13.0. The van der Waals surface area contributed by atoms with Gasteiger partial charge in [0.2, 0.25) is 0 Å². The van der Waals surface area contributed by atoms with Crippen molar-refractivity contribution in [3.8, 4) is 0 Å². The molecule has 0 spiro atoms. The summed E-state index contributed by atoms with van der Waals surface area (Å²) in [7, 11) is 0. The smallest absolute Gasteiger partial charge is 0.364 e. The van der Waals surface area contributed by atoms with E-state index in [0.29, 0.717) is 12.1 Å². The Balaban J connectivity index is 2.25. The van der Waals surface area contributed by atoms with Crippen LogP contribution in [0.25, 0.3) is 0 Å². The topological polar surface area (TPSA) is 55.1 Å². The molecular weight excluding hydrogens is 268 g/mol. The van der Waals surface area contributed by atoms with Crippen molar-refractivity contribution >= 4 is 11.6 Å². The van der Waals surface area contributed by atoms with Gasteiger partial charge in [-0.1, -0.05) is 5.16 Å². The van der Waals surface area contributed by atoms with Crippen molar-refractivity contribution in [2.24, 2.45) is 0 Å². The summed E-state index contributed by atoms with van der Waals surface area (Å²) in [4.78, 5) is 11.5. The molecule has 1 heterocycles. The highest BCUT2D eigenvalue weighted by molar-refractivity contribution is 6.02. The van der Waals surface area contributed by atoms with Gasteiger partial charge in [-0.05, 0) is 18.2 Å². The van der Waals surface area contributed by atoms with Crippen LogP contribution in [-0.4, -0.2) is 11.1 Å². The van der Waals surface area contributed by atoms with Gasteiger partial charge in [-0.15, -0.1) is 0 Å². The van der Waals surface area contributed by atoms with Gasteiger partial charge in [0.1, 0.15) is 12.1 Å². The van der Waals surface area contributed by atoms with Crippen molar-refractivity contribution < 1.29 is 26.9 Å². The minimum atomic E-state index is -4.83. The van der Waals surface area contributed by atoms with E-state index < -0.39 is 23.5 Å². The van der Waals surface area contributed by atoms with E-state index in [1.807, 2.05) is 0 Å². The lowest BCUT2D eigenvalue weighted by Gasteiger charge is -2.10. The Morgan fingerprint density at radius 1 is 1.26 bits per heavy atom. The summed E-state index contributed by atoms with van der Waals surface area (Å²) in [6, 6.07) is 3.39. The van der Waals surface area contributed by atoms with Crippen LogP contribution in [0, 0.1) is 5.82 Å². The van der Waals surface area contributed by atoms with Gasteiger partial charge < -0.3 is 9.84 Å². The number of halogens is 4. The molecule has 0 saturated heterocycles. The van der Waals surface area contributed by atoms with Crippen LogP contribution in [0.15, 0.2) is 35.1 Å². The second kappa shape index (κ2) is 4.71. The Kier molecular flexibility index (Phi) is 3.24. The molecule has 1 aromatic carbocycles. The molecule has 1 aromatic heterocycles. The summed E-state index contributed by atoms with van der Waals surface area (Å²) in [5, 5.41) is 5.47. The molecular formula is C11H6F4N2O2. The lowest BCUT2D eigenvalue weighted by Crippen LogP contribution is -2.14. The van der Waals surface area contributed by atoms with E-state index in [0.717, 1.165) is 12.3 Å². The van der Waals surface area contributed by atoms with Crippen molar-refractivity contribution in [1.82, 2.24) is 5.16 Å². The molecule has 0 unspecified atom stereocenters. The number of rotatable bonds is 2. The monoisotopic (exact) mass is 274 g/mol. The number of alkyl halides is 3. The van der Waals surface area contributed by atoms with Crippen LogP contribution in [0.2, 0.25) is 0 Å². The summed E-state index contributed by atoms with van der Waals surface area (Å²) in [6.45, 7) is 0. The minimum absolute atomic E-state index is 0.0992. The Hall–Kier alpha value is -2.38. The highest BCUT2D eigenvalue weighted by Crippen LogP contribution is 2.33. The normalized spacial score (nSPS) is 11.4. The van der Waals surface area contributed by atoms with Crippen molar-refractivity contribution in [3.63, 3.8) is 0 Å².